The number of aromatic amines is 1. The third-order valence-electron chi connectivity index (χ3n) is 7.13. The normalized spacial score (nSPS) is 16.3. The molecular weight excluding hydrogens is 478 g/mol. The molecule has 8 nitrogen and oxygen atoms in total. The standard InChI is InChI=1S/C30H31N5O3/c1-34(2)24-13-20(16-31-18-24)17-33-23-8-9-27-22(15-23)14-21-5-3-6-25(29(21)38-27)28-19-35(11-12-37-28)26-7-4-10-32-30(26)36/h3-10,13,15-16,18,28,33H,11-12,14,17,19H2,1-2H3,(H,32,36). The summed E-state index contributed by atoms with van der Waals surface area (Å²) in [6, 6.07) is 18.3. The number of para-hydroxylation sites is 1. The quantitative estimate of drug-likeness (QED) is 0.343. The fraction of sp³-hybridized carbons (Fsp3) is 0.267. The van der Waals surface area contributed by atoms with Gasteiger partial charge >= 0.3 is 0 Å². The summed E-state index contributed by atoms with van der Waals surface area (Å²) in [5, 5.41) is 3.52. The summed E-state index contributed by atoms with van der Waals surface area (Å²) < 4.78 is 12.7. The Morgan fingerprint density at radius 2 is 2.03 bits per heavy atom. The van der Waals surface area contributed by atoms with Crippen LogP contribution in [0, 0.1) is 0 Å². The Bertz CT molecular complexity index is 1520. The highest BCUT2D eigenvalue weighted by Gasteiger charge is 2.29. The minimum absolute atomic E-state index is 0.0838. The monoisotopic (exact) mass is 509 g/mol. The van der Waals surface area contributed by atoms with Crippen molar-refractivity contribution < 1.29 is 9.47 Å². The number of hydrogen-bond donors (Lipinski definition) is 2. The minimum atomic E-state index is -0.188. The highest BCUT2D eigenvalue weighted by atomic mass is 16.5. The highest BCUT2D eigenvalue weighted by Crippen LogP contribution is 2.43. The van der Waals surface area contributed by atoms with E-state index in [1.807, 2.05) is 44.7 Å². The third-order valence-corrected chi connectivity index (χ3v) is 7.13. The van der Waals surface area contributed by atoms with Crippen molar-refractivity contribution in [3.05, 3.63) is 106 Å². The van der Waals surface area contributed by atoms with Crippen LogP contribution in [0.4, 0.5) is 17.1 Å². The lowest BCUT2D eigenvalue weighted by molar-refractivity contribution is 0.0383. The zero-order chi connectivity index (χ0) is 26.1. The molecule has 0 saturated carbocycles. The molecule has 6 rings (SSSR count). The Hall–Kier alpha value is -4.30. The van der Waals surface area contributed by atoms with E-state index in [1.54, 1.807) is 6.20 Å². The number of nitrogens with zero attached hydrogens (tertiary/aromatic N) is 3. The van der Waals surface area contributed by atoms with E-state index in [-0.39, 0.29) is 11.7 Å². The molecule has 4 heterocycles. The smallest absolute Gasteiger partial charge is 0.271 e. The molecule has 1 atom stereocenters. The van der Waals surface area contributed by atoms with E-state index in [4.69, 9.17) is 9.47 Å². The van der Waals surface area contributed by atoms with Crippen LogP contribution in [0.25, 0.3) is 0 Å². The van der Waals surface area contributed by atoms with E-state index in [2.05, 4.69) is 61.5 Å². The molecule has 8 heteroatoms. The van der Waals surface area contributed by atoms with Gasteiger partial charge in [0.15, 0.2) is 0 Å². The topological polar surface area (TPSA) is 82.7 Å². The molecule has 1 saturated heterocycles. The van der Waals surface area contributed by atoms with Gasteiger partial charge in [-0.1, -0.05) is 18.2 Å². The Balaban J connectivity index is 1.19. The molecule has 2 aromatic heterocycles. The van der Waals surface area contributed by atoms with E-state index in [1.165, 1.54) is 0 Å². The molecule has 2 aliphatic rings. The lowest BCUT2D eigenvalue weighted by Gasteiger charge is -2.35. The second kappa shape index (κ2) is 10.2. The molecule has 1 unspecified atom stereocenters. The fourth-order valence-corrected chi connectivity index (χ4v) is 5.10. The number of H-pyrrole nitrogens is 1. The maximum atomic E-state index is 12.4. The molecule has 4 aromatic rings. The second-order valence-electron chi connectivity index (χ2n) is 9.93. The molecule has 38 heavy (non-hydrogen) atoms. The zero-order valence-corrected chi connectivity index (χ0v) is 21.6. The lowest BCUT2D eigenvalue weighted by Crippen LogP contribution is -2.41. The van der Waals surface area contributed by atoms with E-state index in [9.17, 15) is 4.79 Å². The van der Waals surface area contributed by atoms with Gasteiger partial charge in [0.1, 0.15) is 23.3 Å². The van der Waals surface area contributed by atoms with Crippen molar-refractivity contribution in [2.24, 2.45) is 0 Å². The number of morpholine rings is 1. The minimum Gasteiger partial charge on any atom is -0.456 e. The van der Waals surface area contributed by atoms with Gasteiger partial charge in [0.05, 0.1) is 18.5 Å². The van der Waals surface area contributed by atoms with Crippen molar-refractivity contribution in [3.63, 3.8) is 0 Å². The average molecular weight is 510 g/mol. The zero-order valence-electron chi connectivity index (χ0n) is 21.6. The van der Waals surface area contributed by atoms with Crippen LogP contribution in [0.2, 0.25) is 0 Å². The SMILES string of the molecule is CN(C)c1cncc(CNc2ccc3c(c2)Cc2cccc(C4CN(c5ccc[nH]c5=O)CCO4)c2O3)c1. The molecule has 2 aromatic carbocycles. The van der Waals surface area contributed by atoms with Crippen molar-refractivity contribution >= 4 is 17.1 Å². The first-order chi connectivity index (χ1) is 18.5. The third kappa shape index (κ3) is 4.82. The van der Waals surface area contributed by atoms with E-state index < -0.39 is 0 Å². The number of anilines is 3. The van der Waals surface area contributed by atoms with Gasteiger partial charge in [-0.15, -0.1) is 0 Å². The Morgan fingerprint density at radius 1 is 1.11 bits per heavy atom. The van der Waals surface area contributed by atoms with Gasteiger partial charge in [-0.05, 0) is 47.5 Å². The first kappa shape index (κ1) is 24.1. The first-order valence-electron chi connectivity index (χ1n) is 12.9. The number of nitrogens with one attached hydrogen (secondary N) is 2. The lowest BCUT2D eigenvalue weighted by atomic mass is 9.95. The average Bonchev–Trinajstić information content (AvgIpc) is 2.95. The van der Waals surface area contributed by atoms with Gasteiger partial charge in [-0.2, -0.15) is 0 Å². The number of fused-ring (bicyclic) bond motifs is 2. The van der Waals surface area contributed by atoms with Gasteiger partial charge in [0, 0.05) is 69.4 Å². The number of benzene rings is 2. The molecular formula is C30H31N5O3. The molecule has 0 amide bonds. The Morgan fingerprint density at radius 3 is 2.89 bits per heavy atom. The summed E-state index contributed by atoms with van der Waals surface area (Å²) in [7, 11) is 4.03. The van der Waals surface area contributed by atoms with Crippen LogP contribution in [0.1, 0.15) is 28.4 Å². The summed E-state index contributed by atoms with van der Waals surface area (Å²) in [6.07, 6.45) is 6.00. The fourth-order valence-electron chi connectivity index (χ4n) is 5.10. The summed E-state index contributed by atoms with van der Waals surface area (Å²) in [4.78, 5) is 23.6. The van der Waals surface area contributed by atoms with Gasteiger partial charge in [0.25, 0.3) is 5.56 Å². The molecule has 194 valence electrons. The van der Waals surface area contributed by atoms with Crippen LogP contribution in [0.5, 0.6) is 11.5 Å². The Labute approximate surface area is 221 Å². The predicted octanol–water partition coefficient (Wildman–Crippen LogP) is 4.72. The number of rotatable bonds is 6. The first-order valence-corrected chi connectivity index (χ1v) is 12.9. The highest BCUT2D eigenvalue weighted by molar-refractivity contribution is 5.59. The second-order valence-corrected chi connectivity index (χ2v) is 9.93. The van der Waals surface area contributed by atoms with Gasteiger partial charge < -0.3 is 29.6 Å². The molecule has 2 aliphatic heterocycles. The van der Waals surface area contributed by atoms with Crippen LogP contribution in [-0.4, -0.2) is 43.8 Å². The number of aromatic nitrogens is 2. The van der Waals surface area contributed by atoms with Gasteiger partial charge in [-0.25, -0.2) is 0 Å². The van der Waals surface area contributed by atoms with Crippen LogP contribution < -0.4 is 25.4 Å². The van der Waals surface area contributed by atoms with E-state index >= 15 is 0 Å². The van der Waals surface area contributed by atoms with Crippen LogP contribution in [-0.2, 0) is 17.7 Å². The van der Waals surface area contributed by atoms with Crippen LogP contribution in [0.3, 0.4) is 0 Å². The predicted molar refractivity (Wildman–Crippen MR) is 150 cm³/mol. The van der Waals surface area contributed by atoms with Crippen molar-refractivity contribution in [1.29, 1.82) is 0 Å². The van der Waals surface area contributed by atoms with Crippen molar-refractivity contribution in [2.75, 3.05) is 48.9 Å². The summed E-state index contributed by atoms with van der Waals surface area (Å²) in [5.41, 5.74) is 7.12. The summed E-state index contributed by atoms with van der Waals surface area (Å²) in [5.74, 6) is 1.72. The Kier molecular flexibility index (Phi) is 6.47. The van der Waals surface area contributed by atoms with Crippen LogP contribution >= 0.6 is 0 Å². The van der Waals surface area contributed by atoms with E-state index in [0.29, 0.717) is 31.9 Å². The van der Waals surface area contributed by atoms with Gasteiger partial charge in [0.2, 0.25) is 0 Å². The van der Waals surface area contributed by atoms with Crippen molar-refractivity contribution in [3.8, 4) is 11.5 Å². The summed E-state index contributed by atoms with van der Waals surface area (Å²) in [6.45, 7) is 2.50. The molecule has 0 aliphatic carbocycles. The maximum Gasteiger partial charge on any atom is 0.271 e. The molecule has 0 radical (unpaired) electrons. The van der Waals surface area contributed by atoms with Crippen molar-refractivity contribution in [1.82, 2.24) is 9.97 Å². The van der Waals surface area contributed by atoms with Crippen LogP contribution in [0.15, 0.2) is 78.0 Å². The van der Waals surface area contributed by atoms with Crippen molar-refractivity contribution in [2.45, 2.75) is 19.1 Å². The molecule has 0 spiro atoms. The maximum absolute atomic E-state index is 12.4. The molecule has 2 N–H and O–H groups in total. The number of hydrogen-bond acceptors (Lipinski definition) is 7. The number of pyridine rings is 2. The largest absolute Gasteiger partial charge is 0.456 e. The number of ether oxygens (including phenoxy) is 2. The molecule has 0 bridgehead atoms. The summed E-state index contributed by atoms with van der Waals surface area (Å²) >= 11 is 0. The van der Waals surface area contributed by atoms with Gasteiger partial charge in [-0.3, -0.25) is 9.78 Å². The molecule has 1 fully saturated rings. The van der Waals surface area contributed by atoms with E-state index in [0.717, 1.165) is 51.5 Å².